The van der Waals surface area contributed by atoms with Crippen molar-refractivity contribution in [1.82, 2.24) is 10.2 Å². The van der Waals surface area contributed by atoms with Gasteiger partial charge in [0, 0.05) is 12.1 Å². The van der Waals surface area contributed by atoms with Gasteiger partial charge in [0.1, 0.15) is 5.75 Å². The van der Waals surface area contributed by atoms with E-state index in [1.165, 1.54) is 0 Å². The van der Waals surface area contributed by atoms with Gasteiger partial charge in [0.05, 0.1) is 0 Å². The predicted octanol–water partition coefficient (Wildman–Crippen LogP) is 3.93. The van der Waals surface area contributed by atoms with Crippen LogP contribution in [0.3, 0.4) is 0 Å². The van der Waals surface area contributed by atoms with Crippen LogP contribution in [-0.4, -0.2) is 15.3 Å². The summed E-state index contributed by atoms with van der Waals surface area (Å²) in [4.78, 5) is 0. The normalized spacial score (nSPS) is 10.7. The molecule has 1 aromatic heterocycles. The fourth-order valence-corrected chi connectivity index (χ4v) is 2.58. The maximum atomic E-state index is 9.84. The number of benzene rings is 2. The molecule has 0 fully saturated rings. The maximum absolute atomic E-state index is 9.84. The lowest BCUT2D eigenvalue weighted by Gasteiger charge is -2.09. The largest absolute Gasteiger partial charge is 0.508 e. The first-order valence-corrected chi connectivity index (χ1v) is 7.62. The summed E-state index contributed by atoms with van der Waals surface area (Å²) in [5.41, 5.74) is 3.87. The van der Waals surface area contributed by atoms with Gasteiger partial charge in [-0.1, -0.05) is 42.4 Å². The Hall–Kier alpha value is -2.82. The minimum atomic E-state index is 0.285. The Morgan fingerprint density at radius 2 is 1.87 bits per heavy atom. The molecule has 2 N–H and O–H groups in total. The Morgan fingerprint density at radius 3 is 2.61 bits per heavy atom. The van der Waals surface area contributed by atoms with Gasteiger partial charge in [0.15, 0.2) is 0 Å². The molecular weight excluding hydrogens is 290 g/mol. The first-order valence-electron chi connectivity index (χ1n) is 7.62. The summed E-state index contributed by atoms with van der Waals surface area (Å²) in [7, 11) is 0. The molecule has 0 saturated heterocycles. The van der Waals surface area contributed by atoms with E-state index in [4.69, 9.17) is 4.42 Å². The summed E-state index contributed by atoms with van der Waals surface area (Å²) in [5, 5.41) is 21.1. The number of rotatable bonds is 5. The highest BCUT2D eigenvalue weighted by Gasteiger charge is 2.15. The molecule has 3 rings (SSSR count). The predicted molar refractivity (Wildman–Crippen MR) is 89.3 cm³/mol. The Kier molecular flexibility index (Phi) is 4.28. The van der Waals surface area contributed by atoms with Crippen LogP contribution in [0, 0.1) is 6.92 Å². The maximum Gasteiger partial charge on any atom is 0.316 e. The quantitative estimate of drug-likeness (QED) is 0.747. The second-order valence-corrected chi connectivity index (χ2v) is 5.34. The Bertz CT molecular complexity index is 797. The van der Waals surface area contributed by atoms with Gasteiger partial charge in [-0.15, -0.1) is 5.10 Å². The zero-order valence-electron chi connectivity index (χ0n) is 13.2. The van der Waals surface area contributed by atoms with Crippen LogP contribution in [0.1, 0.15) is 23.6 Å². The third-order valence-electron chi connectivity index (χ3n) is 3.87. The molecule has 5 nitrogen and oxygen atoms in total. The average molecular weight is 309 g/mol. The van der Waals surface area contributed by atoms with Gasteiger partial charge in [-0.3, -0.25) is 0 Å². The van der Waals surface area contributed by atoms with E-state index in [-0.39, 0.29) is 5.75 Å². The third-order valence-corrected chi connectivity index (χ3v) is 3.87. The number of aromatic hydroxyl groups is 1. The van der Waals surface area contributed by atoms with E-state index in [0.717, 1.165) is 28.7 Å². The van der Waals surface area contributed by atoms with Crippen LogP contribution < -0.4 is 5.32 Å². The number of nitrogens with zero attached hydrogens (tertiary/aromatic N) is 2. The zero-order chi connectivity index (χ0) is 16.2. The van der Waals surface area contributed by atoms with Gasteiger partial charge < -0.3 is 14.8 Å². The molecule has 0 aliphatic rings. The molecule has 5 heteroatoms. The summed E-state index contributed by atoms with van der Waals surface area (Å²) < 4.78 is 5.71. The monoisotopic (exact) mass is 309 g/mol. The number of hydrogen-bond acceptors (Lipinski definition) is 5. The fraction of sp³-hybridized carbons (Fsp3) is 0.222. The van der Waals surface area contributed by atoms with Gasteiger partial charge in [-0.05, 0) is 42.2 Å². The van der Waals surface area contributed by atoms with Gasteiger partial charge in [0.25, 0.3) is 0 Å². The molecule has 1 heterocycles. The second-order valence-electron chi connectivity index (χ2n) is 5.34. The van der Waals surface area contributed by atoms with Crippen molar-refractivity contribution >= 4 is 6.01 Å². The van der Waals surface area contributed by atoms with Crippen LogP contribution in [0.15, 0.2) is 46.9 Å². The van der Waals surface area contributed by atoms with E-state index in [2.05, 4.69) is 15.5 Å². The number of nitrogens with one attached hydrogen (secondary N) is 1. The van der Waals surface area contributed by atoms with Crippen LogP contribution in [0.2, 0.25) is 0 Å². The highest BCUT2D eigenvalue weighted by atomic mass is 16.4. The van der Waals surface area contributed by atoms with Gasteiger partial charge in [-0.2, -0.15) is 0 Å². The molecule has 0 amide bonds. The molecule has 0 unspecified atom stereocenters. The van der Waals surface area contributed by atoms with Crippen LogP contribution in [0.4, 0.5) is 6.01 Å². The topological polar surface area (TPSA) is 71.2 Å². The summed E-state index contributed by atoms with van der Waals surface area (Å²) in [6.07, 6.45) is 0.782. The smallest absolute Gasteiger partial charge is 0.316 e. The fourth-order valence-electron chi connectivity index (χ4n) is 2.58. The zero-order valence-corrected chi connectivity index (χ0v) is 13.2. The first kappa shape index (κ1) is 15.1. The molecule has 2 aromatic carbocycles. The van der Waals surface area contributed by atoms with Crippen LogP contribution in [-0.2, 0) is 13.0 Å². The highest BCUT2D eigenvalue weighted by molar-refractivity contribution is 5.63. The van der Waals surface area contributed by atoms with Crippen molar-refractivity contribution in [2.24, 2.45) is 0 Å². The van der Waals surface area contributed by atoms with Gasteiger partial charge >= 0.3 is 6.01 Å². The van der Waals surface area contributed by atoms with Crippen LogP contribution in [0.5, 0.6) is 5.75 Å². The van der Waals surface area contributed by atoms with E-state index < -0.39 is 0 Å². The van der Waals surface area contributed by atoms with E-state index in [0.29, 0.717) is 18.5 Å². The number of phenols is 1. The molecule has 0 radical (unpaired) electrons. The Balaban J connectivity index is 1.81. The van der Waals surface area contributed by atoms with Crippen molar-refractivity contribution in [3.05, 3.63) is 59.2 Å². The molecule has 0 saturated carbocycles. The van der Waals surface area contributed by atoms with Gasteiger partial charge in [-0.25, -0.2) is 0 Å². The molecule has 23 heavy (non-hydrogen) atoms. The number of phenolic OH excluding ortho intramolecular Hbond substituents is 1. The van der Waals surface area contributed by atoms with Crippen molar-refractivity contribution in [2.45, 2.75) is 26.8 Å². The van der Waals surface area contributed by atoms with Crippen molar-refractivity contribution < 1.29 is 9.52 Å². The minimum Gasteiger partial charge on any atom is -0.508 e. The van der Waals surface area contributed by atoms with Crippen LogP contribution >= 0.6 is 0 Å². The summed E-state index contributed by atoms with van der Waals surface area (Å²) in [6.45, 7) is 4.55. The molecular formula is C18H19N3O2. The summed E-state index contributed by atoms with van der Waals surface area (Å²) in [5.74, 6) is 0.744. The summed E-state index contributed by atoms with van der Waals surface area (Å²) in [6, 6.07) is 13.9. The third kappa shape index (κ3) is 3.18. The van der Waals surface area contributed by atoms with E-state index in [1.54, 1.807) is 6.07 Å². The lowest BCUT2D eigenvalue weighted by atomic mass is 9.99. The van der Waals surface area contributed by atoms with E-state index >= 15 is 0 Å². The highest BCUT2D eigenvalue weighted by Crippen LogP contribution is 2.31. The molecule has 0 spiro atoms. The molecule has 3 aromatic rings. The lowest BCUT2D eigenvalue weighted by molar-refractivity contribution is 0.470. The minimum absolute atomic E-state index is 0.285. The first-order chi connectivity index (χ1) is 11.2. The number of anilines is 1. The van der Waals surface area contributed by atoms with E-state index in [1.807, 2.05) is 50.2 Å². The van der Waals surface area contributed by atoms with E-state index in [9.17, 15) is 5.11 Å². The standard InChI is InChI=1S/C18H19N3O2/c1-3-14-12(2)16(22)10-9-15(14)17-20-21-18(23-17)19-11-13-7-5-4-6-8-13/h4-10,22H,3,11H2,1-2H3,(H,19,21). The van der Waals surface area contributed by atoms with Crippen molar-refractivity contribution in [2.75, 3.05) is 5.32 Å². The number of hydrogen-bond donors (Lipinski definition) is 2. The van der Waals surface area contributed by atoms with Gasteiger partial charge in [0.2, 0.25) is 5.89 Å². The molecule has 0 bridgehead atoms. The van der Waals surface area contributed by atoms with Crippen LogP contribution in [0.25, 0.3) is 11.5 Å². The molecule has 0 atom stereocenters. The van der Waals surface area contributed by atoms with Crippen molar-refractivity contribution in [1.29, 1.82) is 0 Å². The number of aromatic nitrogens is 2. The SMILES string of the molecule is CCc1c(-c2nnc(NCc3ccccc3)o2)ccc(O)c1C. The van der Waals surface area contributed by atoms with Crippen molar-refractivity contribution in [3.8, 4) is 17.2 Å². The Morgan fingerprint density at radius 1 is 1.09 bits per heavy atom. The Labute approximate surface area is 135 Å². The molecule has 0 aliphatic heterocycles. The summed E-state index contributed by atoms with van der Waals surface area (Å²) >= 11 is 0. The second kappa shape index (κ2) is 6.52. The average Bonchev–Trinajstić information content (AvgIpc) is 3.05. The lowest BCUT2D eigenvalue weighted by Crippen LogP contribution is -1.98. The van der Waals surface area contributed by atoms with Crippen molar-refractivity contribution in [3.63, 3.8) is 0 Å². The molecule has 118 valence electrons. The molecule has 0 aliphatic carbocycles.